The Balaban J connectivity index is 2.33. The van der Waals surface area contributed by atoms with Gasteiger partial charge in [0.15, 0.2) is 0 Å². The maximum atomic E-state index is 11.3. The highest BCUT2D eigenvalue weighted by Crippen LogP contribution is 1.94. The molecule has 5 nitrogen and oxygen atoms in total. The van der Waals surface area contributed by atoms with Crippen molar-refractivity contribution in [1.29, 1.82) is 0 Å². The molecule has 0 aromatic heterocycles. The molecule has 1 heterocycles. The first-order valence-electron chi connectivity index (χ1n) is 5.05. The van der Waals surface area contributed by atoms with Crippen LogP contribution in [-0.2, 0) is 9.59 Å². The minimum atomic E-state index is -1.30. The van der Waals surface area contributed by atoms with Crippen LogP contribution in [0.1, 0.15) is 6.42 Å². The lowest BCUT2D eigenvalue weighted by Crippen LogP contribution is -3.14. The van der Waals surface area contributed by atoms with Gasteiger partial charge in [-0.3, -0.25) is 4.79 Å². The Morgan fingerprint density at radius 1 is 1.40 bits per heavy atom. The summed E-state index contributed by atoms with van der Waals surface area (Å²) in [6.07, 6.45) is 1.35. The van der Waals surface area contributed by atoms with E-state index in [9.17, 15) is 14.7 Å². The lowest BCUT2D eigenvalue weighted by Gasteiger charge is -2.31. The molecule has 1 saturated heterocycles. The maximum absolute atomic E-state index is 11.3. The quantitative estimate of drug-likeness (QED) is 0.400. The maximum Gasteiger partial charge on any atom is 0.228 e. The van der Waals surface area contributed by atoms with Crippen molar-refractivity contribution in [3.8, 4) is 0 Å². The SMILES string of the molecule is C=CC[NH+]1CCN(C(=O)CC(=O)[O-])CC1. The van der Waals surface area contributed by atoms with Crippen LogP contribution in [0.2, 0.25) is 0 Å². The van der Waals surface area contributed by atoms with Crippen LogP contribution in [0.15, 0.2) is 12.7 Å². The van der Waals surface area contributed by atoms with E-state index in [4.69, 9.17) is 0 Å². The number of quaternary nitrogens is 1. The predicted octanol–water partition coefficient (Wildman–Crippen LogP) is -2.96. The van der Waals surface area contributed by atoms with E-state index in [1.165, 1.54) is 4.90 Å². The smallest absolute Gasteiger partial charge is 0.228 e. The molecule has 5 heteroatoms. The van der Waals surface area contributed by atoms with Gasteiger partial charge in [-0.2, -0.15) is 0 Å². The van der Waals surface area contributed by atoms with Crippen molar-refractivity contribution < 1.29 is 19.6 Å². The topological polar surface area (TPSA) is 64.9 Å². The predicted molar refractivity (Wildman–Crippen MR) is 52.0 cm³/mol. The first kappa shape index (κ1) is 11.7. The number of carbonyl (C=O) groups is 2. The molecule has 1 aliphatic heterocycles. The third-order valence-electron chi connectivity index (χ3n) is 2.55. The highest BCUT2D eigenvalue weighted by Gasteiger charge is 2.22. The molecule has 1 amide bonds. The lowest BCUT2D eigenvalue weighted by molar-refractivity contribution is -0.898. The number of carbonyl (C=O) groups excluding carboxylic acids is 2. The molecule has 0 saturated carbocycles. The molecule has 0 radical (unpaired) electrons. The zero-order valence-corrected chi connectivity index (χ0v) is 8.70. The number of carboxylic acids is 1. The van der Waals surface area contributed by atoms with Gasteiger partial charge in [-0.05, 0) is 6.08 Å². The van der Waals surface area contributed by atoms with Crippen molar-refractivity contribution in [3.05, 3.63) is 12.7 Å². The Morgan fingerprint density at radius 3 is 2.47 bits per heavy atom. The molecule has 0 spiro atoms. The Bertz CT molecular complexity index is 257. The normalized spacial score (nSPS) is 17.5. The van der Waals surface area contributed by atoms with E-state index in [0.717, 1.165) is 19.6 Å². The van der Waals surface area contributed by atoms with Gasteiger partial charge in [-0.15, -0.1) is 0 Å². The van der Waals surface area contributed by atoms with Gasteiger partial charge in [-0.1, -0.05) is 6.58 Å². The molecule has 0 aromatic rings. The van der Waals surface area contributed by atoms with E-state index in [1.54, 1.807) is 4.90 Å². The molecule has 15 heavy (non-hydrogen) atoms. The summed E-state index contributed by atoms with van der Waals surface area (Å²) in [5.74, 6) is -1.64. The molecule has 1 N–H and O–H groups in total. The third kappa shape index (κ3) is 3.71. The molecule has 0 atom stereocenters. The van der Waals surface area contributed by atoms with Crippen LogP contribution in [0.25, 0.3) is 0 Å². The molecule has 84 valence electrons. The van der Waals surface area contributed by atoms with Crippen molar-refractivity contribution in [1.82, 2.24) is 4.90 Å². The summed E-state index contributed by atoms with van der Waals surface area (Å²) in [6.45, 7) is 7.50. The van der Waals surface area contributed by atoms with Gasteiger partial charge in [0.05, 0.1) is 45.1 Å². The van der Waals surface area contributed by atoms with Crippen LogP contribution < -0.4 is 10.0 Å². The van der Waals surface area contributed by atoms with E-state index in [0.29, 0.717) is 13.1 Å². The zero-order valence-electron chi connectivity index (χ0n) is 8.70. The van der Waals surface area contributed by atoms with Gasteiger partial charge in [0.1, 0.15) is 0 Å². The van der Waals surface area contributed by atoms with Gasteiger partial charge < -0.3 is 19.7 Å². The molecule has 0 aromatic carbocycles. The average molecular weight is 212 g/mol. The molecule has 0 unspecified atom stereocenters. The summed E-state index contributed by atoms with van der Waals surface area (Å²) in [5.41, 5.74) is 0. The number of hydrogen-bond donors (Lipinski definition) is 1. The van der Waals surface area contributed by atoms with Crippen molar-refractivity contribution in [2.45, 2.75) is 6.42 Å². The number of rotatable bonds is 4. The van der Waals surface area contributed by atoms with E-state index in [-0.39, 0.29) is 5.91 Å². The highest BCUT2D eigenvalue weighted by atomic mass is 16.4. The number of carboxylic acid groups (broad SMARTS) is 1. The van der Waals surface area contributed by atoms with Crippen LogP contribution in [0.5, 0.6) is 0 Å². The minimum absolute atomic E-state index is 0.340. The summed E-state index contributed by atoms with van der Waals surface area (Å²) < 4.78 is 0. The Labute approximate surface area is 89.0 Å². The van der Waals surface area contributed by atoms with Gasteiger partial charge in [0, 0.05) is 0 Å². The standard InChI is InChI=1S/C10H16N2O3/c1-2-3-11-4-6-12(7-5-11)9(13)8-10(14)15/h2H,1,3-8H2,(H,14,15). The molecule has 1 rings (SSSR count). The number of nitrogens with zero attached hydrogens (tertiary/aromatic N) is 1. The van der Waals surface area contributed by atoms with Crippen LogP contribution in [0.3, 0.4) is 0 Å². The second kappa shape index (κ2) is 5.50. The van der Waals surface area contributed by atoms with E-state index in [1.807, 2.05) is 6.08 Å². The van der Waals surface area contributed by atoms with E-state index < -0.39 is 12.4 Å². The number of piperazine rings is 1. The van der Waals surface area contributed by atoms with Crippen LogP contribution in [0.4, 0.5) is 0 Å². The average Bonchev–Trinajstić information content (AvgIpc) is 2.18. The van der Waals surface area contributed by atoms with Crippen molar-refractivity contribution >= 4 is 11.9 Å². The first-order valence-corrected chi connectivity index (χ1v) is 5.05. The van der Waals surface area contributed by atoms with Crippen LogP contribution >= 0.6 is 0 Å². The fourth-order valence-electron chi connectivity index (χ4n) is 1.72. The Hall–Kier alpha value is -1.36. The molecular formula is C10H16N2O3. The number of nitrogens with one attached hydrogen (secondary N) is 1. The molecule has 1 fully saturated rings. The number of amides is 1. The van der Waals surface area contributed by atoms with Crippen molar-refractivity contribution in [3.63, 3.8) is 0 Å². The molecule has 0 aliphatic carbocycles. The second-order valence-electron chi connectivity index (χ2n) is 3.67. The van der Waals surface area contributed by atoms with E-state index >= 15 is 0 Å². The summed E-state index contributed by atoms with van der Waals surface area (Å²) >= 11 is 0. The highest BCUT2D eigenvalue weighted by molar-refractivity contribution is 5.92. The molecule has 1 aliphatic rings. The number of aliphatic carboxylic acids is 1. The summed E-state index contributed by atoms with van der Waals surface area (Å²) in [5, 5.41) is 10.2. The minimum Gasteiger partial charge on any atom is -0.550 e. The molecular weight excluding hydrogens is 196 g/mol. The fourth-order valence-corrected chi connectivity index (χ4v) is 1.72. The summed E-state index contributed by atoms with van der Waals surface area (Å²) in [6, 6.07) is 0. The van der Waals surface area contributed by atoms with Gasteiger partial charge in [0.2, 0.25) is 5.91 Å². The van der Waals surface area contributed by atoms with Crippen LogP contribution in [-0.4, -0.2) is 49.5 Å². The molecule has 0 bridgehead atoms. The van der Waals surface area contributed by atoms with Gasteiger partial charge >= 0.3 is 0 Å². The number of hydrogen-bond acceptors (Lipinski definition) is 3. The summed E-state index contributed by atoms with van der Waals surface area (Å²) in [4.78, 5) is 24.6. The van der Waals surface area contributed by atoms with Gasteiger partial charge in [-0.25, -0.2) is 0 Å². The lowest BCUT2D eigenvalue weighted by atomic mass is 10.2. The van der Waals surface area contributed by atoms with Crippen molar-refractivity contribution in [2.24, 2.45) is 0 Å². The van der Waals surface area contributed by atoms with Crippen molar-refractivity contribution in [2.75, 3.05) is 32.7 Å². The van der Waals surface area contributed by atoms with Gasteiger partial charge in [0.25, 0.3) is 0 Å². The Kier molecular flexibility index (Phi) is 4.30. The monoisotopic (exact) mass is 212 g/mol. The zero-order chi connectivity index (χ0) is 11.3. The third-order valence-corrected chi connectivity index (χ3v) is 2.55. The second-order valence-corrected chi connectivity index (χ2v) is 3.67. The van der Waals surface area contributed by atoms with E-state index in [2.05, 4.69) is 6.58 Å². The fraction of sp³-hybridized carbons (Fsp3) is 0.600. The van der Waals surface area contributed by atoms with Crippen LogP contribution in [0, 0.1) is 0 Å². The Morgan fingerprint density at radius 2 is 2.00 bits per heavy atom. The summed E-state index contributed by atoms with van der Waals surface area (Å²) in [7, 11) is 0. The first-order chi connectivity index (χ1) is 7.13. The largest absolute Gasteiger partial charge is 0.550 e.